The molecule has 4 amide bonds. The first kappa shape index (κ1) is 28.6. The molecule has 1 aliphatic carbocycles. The van der Waals surface area contributed by atoms with Crippen molar-refractivity contribution < 1.29 is 28.7 Å². The molecular formula is C25H42N4O6. The van der Waals surface area contributed by atoms with Crippen molar-refractivity contribution in [3.63, 3.8) is 0 Å². The lowest BCUT2D eigenvalue weighted by Gasteiger charge is -2.38. The lowest BCUT2D eigenvalue weighted by Crippen LogP contribution is -2.60. The highest BCUT2D eigenvalue weighted by Gasteiger charge is 2.69. The molecule has 2 fully saturated rings. The number of fused-ring (bicyclic) bond motifs is 1. The van der Waals surface area contributed by atoms with Gasteiger partial charge in [0.2, 0.25) is 17.6 Å². The van der Waals surface area contributed by atoms with Gasteiger partial charge >= 0.3 is 6.09 Å². The highest BCUT2D eigenvalue weighted by atomic mass is 16.6. The smallest absolute Gasteiger partial charge is 0.408 e. The molecule has 2 aliphatic rings. The zero-order valence-electron chi connectivity index (χ0n) is 22.5. The average molecular weight is 495 g/mol. The third-order valence-electron chi connectivity index (χ3n) is 6.99. The molecule has 0 bridgehead atoms. The van der Waals surface area contributed by atoms with Crippen LogP contribution in [0.1, 0.15) is 75.2 Å². The molecule has 1 saturated carbocycles. The number of carbonyl (C=O) groups is 5. The Bertz CT molecular complexity index is 885. The molecule has 35 heavy (non-hydrogen) atoms. The van der Waals surface area contributed by atoms with Gasteiger partial charge in [0.15, 0.2) is 0 Å². The number of hydrogen-bond acceptors (Lipinski definition) is 6. The van der Waals surface area contributed by atoms with E-state index in [9.17, 15) is 24.0 Å². The van der Waals surface area contributed by atoms with Crippen LogP contribution >= 0.6 is 0 Å². The first-order valence-corrected chi connectivity index (χ1v) is 12.3. The number of ether oxygens (including phenoxy) is 1. The summed E-state index contributed by atoms with van der Waals surface area (Å²) in [5, 5.41) is 5.37. The second-order valence-electron chi connectivity index (χ2n) is 12.4. The van der Waals surface area contributed by atoms with Crippen LogP contribution in [0.4, 0.5) is 4.79 Å². The van der Waals surface area contributed by atoms with E-state index in [1.807, 2.05) is 41.5 Å². The lowest BCUT2D eigenvalue weighted by atomic mass is 9.85. The van der Waals surface area contributed by atoms with Gasteiger partial charge in [-0.3, -0.25) is 19.2 Å². The zero-order valence-corrected chi connectivity index (χ0v) is 22.5. The number of alkyl carbamates (subject to hydrolysis) is 1. The topological polar surface area (TPSA) is 148 Å². The molecule has 0 radical (unpaired) electrons. The molecule has 2 rings (SSSR count). The second-order valence-corrected chi connectivity index (χ2v) is 12.4. The molecule has 1 saturated heterocycles. The van der Waals surface area contributed by atoms with Crippen molar-refractivity contribution >= 4 is 29.6 Å². The van der Waals surface area contributed by atoms with Crippen LogP contribution in [0, 0.1) is 22.7 Å². The number of amides is 4. The van der Waals surface area contributed by atoms with E-state index < -0.39 is 52.8 Å². The van der Waals surface area contributed by atoms with Gasteiger partial charge in [0.05, 0.1) is 6.04 Å². The van der Waals surface area contributed by atoms with Crippen molar-refractivity contribution in [1.29, 1.82) is 0 Å². The first-order valence-electron chi connectivity index (χ1n) is 12.3. The number of ketones is 1. The van der Waals surface area contributed by atoms with Gasteiger partial charge < -0.3 is 26.0 Å². The summed E-state index contributed by atoms with van der Waals surface area (Å²) in [4.78, 5) is 65.0. The molecule has 5 atom stereocenters. The lowest BCUT2D eigenvalue weighted by molar-refractivity contribution is -0.145. The minimum atomic E-state index is -1.11. The Morgan fingerprint density at radius 3 is 2.09 bits per heavy atom. The minimum Gasteiger partial charge on any atom is -0.444 e. The Balaban J connectivity index is 2.31. The fourth-order valence-electron chi connectivity index (χ4n) is 5.04. The van der Waals surface area contributed by atoms with E-state index in [1.165, 1.54) is 4.90 Å². The standard InChI is InChI=1S/C25H42N4O6/c1-10-11-14(17(30)19(26)31)27-20(32)16-15-13(25(15,8)9)12-29(16)21(33)18(23(2,3)4)28-22(34)35-24(5,6)7/h13-16,18H,10-12H2,1-9H3,(H2,26,31)(H,27,32)(H,28,34). The maximum atomic E-state index is 13.8. The maximum Gasteiger partial charge on any atom is 0.408 e. The number of nitrogens with one attached hydrogen (secondary N) is 2. The van der Waals surface area contributed by atoms with E-state index >= 15 is 0 Å². The number of likely N-dealkylation sites (tertiary alicyclic amines) is 1. The molecule has 4 N–H and O–H groups in total. The third kappa shape index (κ3) is 6.32. The van der Waals surface area contributed by atoms with Gasteiger partial charge in [-0.25, -0.2) is 4.79 Å². The number of piperidine rings is 1. The molecule has 5 unspecified atom stereocenters. The Hall–Kier alpha value is -2.65. The van der Waals surface area contributed by atoms with Crippen molar-refractivity contribution in [1.82, 2.24) is 15.5 Å². The number of nitrogens with two attached hydrogens (primary N) is 1. The Morgan fingerprint density at radius 1 is 1.06 bits per heavy atom. The summed E-state index contributed by atoms with van der Waals surface area (Å²) in [6.45, 7) is 17.0. The van der Waals surface area contributed by atoms with E-state index in [0.717, 1.165) is 0 Å². The predicted octanol–water partition coefficient (Wildman–Crippen LogP) is 1.75. The second kappa shape index (κ2) is 9.78. The molecule has 10 nitrogen and oxygen atoms in total. The monoisotopic (exact) mass is 494 g/mol. The summed E-state index contributed by atoms with van der Waals surface area (Å²) in [5.74, 6) is -2.83. The SMILES string of the molecule is CCCC(NC(=O)C1C2C(CN1C(=O)C(NC(=O)OC(C)(C)C)C(C)(C)C)C2(C)C)C(=O)C(N)=O. The Labute approximate surface area is 208 Å². The van der Waals surface area contributed by atoms with Crippen molar-refractivity contribution in [2.75, 3.05) is 6.54 Å². The van der Waals surface area contributed by atoms with Crippen molar-refractivity contribution in [3.05, 3.63) is 0 Å². The summed E-state index contributed by atoms with van der Waals surface area (Å²) in [7, 11) is 0. The summed E-state index contributed by atoms with van der Waals surface area (Å²) in [6, 6.07) is -2.80. The molecule has 0 spiro atoms. The molecule has 1 aliphatic heterocycles. The summed E-state index contributed by atoms with van der Waals surface area (Å²) in [6.07, 6.45) is 0.101. The largest absolute Gasteiger partial charge is 0.444 e. The zero-order chi connectivity index (χ0) is 27.1. The molecule has 1 heterocycles. The van der Waals surface area contributed by atoms with Crippen LogP contribution in [-0.2, 0) is 23.9 Å². The van der Waals surface area contributed by atoms with E-state index in [1.54, 1.807) is 20.8 Å². The summed E-state index contributed by atoms with van der Waals surface area (Å²) < 4.78 is 5.36. The first-order chi connectivity index (χ1) is 15.8. The van der Waals surface area contributed by atoms with Crippen molar-refractivity contribution in [3.8, 4) is 0 Å². The Morgan fingerprint density at radius 2 is 1.63 bits per heavy atom. The molecule has 0 aromatic rings. The number of carbonyl (C=O) groups excluding carboxylic acids is 5. The van der Waals surface area contributed by atoms with Gasteiger partial charge in [-0.1, -0.05) is 48.0 Å². The summed E-state index contributed by atoms with van der Waals surface area (Å²) >= 11 is 0. The normalized spacial score (nSPS) is 24.6. The van der Waals surface area contributed by atoms with Gasteiger partial charge in [0.1, 0.15) is 17.7 Å². The van der Waals surface area contributed by atoms with Crippen LogP contribution in [0.15, 0.2) is 0 Å². The fraction of sp³-hybridized carbons (Fsp3) is 0.800. The van der Waals surface area contributed by atoms with Gasteiger partial charge in [-0.05, 0) is 49.9 Å². The van der Waals surface area contributed by atoms with Crippen LogP contribution < -0.4 is 16.4 Å². The van der Waals surface area contributed by atoms with Crippen LogP contribution in [-0.4, -0.2) is 64.8 Å². The molecule has 0 aromatic carbocycles. The quantitative estimate of drug-likeness (QED) is 0.438. The van der Waals surface area contributed by atoms with Gasteiger partial charge in [-0.15, -0.1) is 0 Å². The van der Waals surface area contributed by atoms with Crippen LogP contribution in [0.2, 0.25) is 0 Å². The highest BCUT2D eigenvalue weighted by Crippen LogP contribution is 2.65. The molecule has 0 aromatic heterocycles. The van der Waals surface area contributed by atoms with E-state index in [-0.39, 0.29) is 29.6 Å². The van der Waals surface area contributed by atoms with Gasteiger partial charge in [0, 0.05) is 6.54 Å². The van der Waals surface area contributed by atoms with E-state index in [4.69, 9.17) is 10.5 Å². The molecule has 10 heteroatoms. The highest BCUT2D eigenvalue weighted by molar-refractivity contribution is 6.37. The number of primary amides is 1. The average Bonchev–Trinajstić information content (AvgIpc) is 3.03. The van der Waals surface area contributed by atoms with Crippen molar-refractivity contribution in [2.24, 2.45) is 28.4 Å². The molecule has 198 valence electrons. The Kier molecular flexibility index (Phi) is 7.98. The number of nitrogens with zero attached hydrogens (tertiary/aromatic N) is 1. The minimum absolute atomic E-state index is 0.0976. The van der Waals surface area contributed by atoms with Crippen molar-refractivity contribution in [2.45, 2.75) is 98.9 Å². The number of hydrogen-bond donors (Lipinski definition) is 3. The van der Waals surface area contributed by atoms with Gasteiger partial charge in [-0.2, -0.15) is 0 Å². The number of Topliss-reactive ketones (excluding diaryl/α,β-unsaturated/α-hetero) is 1. The van der Waals surface area contributed by atoms with E-state index in [2.05, 4.69) is 10.6 Å². The van der Waals surface area contributed by atoms with Gasteiger partial charge in [0.25, 0.3) is 5.91 Å². The summed E-state index contributed by atoms with van der Waals surface area (Å²) in [5.41, 5.74) is 3.62. The predicted molar refractivity (Wildman–Crippen MR) is 130 cm³/mol. The fourth-order valence-corrected chi connectivity index (χ4v) is 5.04. The maximum absolute atomic E-state index is 13.8. The van der Waals surface area contributed by atoms with Crippen LogP contribution in [0.25, 0.3) is 0 Å². The van der Waals surface area contributed by atoms with Crippen LogP contribution in [0.3, 0.4) is 0 Å². The third-order valence-corrected chi connectivity index (χ3v) is 6.99. The number of rotatable bonds is 8. The van der Waals surface area contributed by atoms with E-state index in [0.29, 0.717) is 13.0 Å². The molecular weight excluding hydrogens is 452 g/mol. The van der Waals surface area contributed by atoms with Crippen LogP contribution in [0.5, 0.6) is 0 Å².